The fourth-order valence-electron chi connectivity index (χ4n) is 4.20. The number of carbonyl (C=O) groups is 1. The Bertz CT molecular complexity index is 1420. The van der Waals surface area contributed by atoms with Crippen molar-refractivity contribution in [1.82, 2.24) is 24.5 Å². The van der Waals surface area contributed by atoms with Gasteiger partial charge in [0.15, 0.2) is 11.2 Å². The molecule has 9 heteroatoms. The smallest absolute Gasteiger partial charge is 0.358 e. The highest BCUT2D eigenvalue weighted by molar-refractivity contribution is 5.77. The number of benzene rings is 1. The molecule has 5 rings (SSSR count). The molecule has 1 aliphatic rings. The van der Waals surface area contributed by atoms with Crippen LogP contribution in [0.1, 0.15) is 42.4 Å². The second-order valence-electron chi connectivity index (χ2n) is 7.80. The van der Waals surface area contributed by atoms with Gasteiger partial charge in [-0.15, -0.1) is 0 Å². The van der Waals surface area contributed by atoms with Crippen molar-refractivity contribution in [3.8, 4) is 0 Å². The van der Waals surface area contributed by atoms with Gasteiger partial charge < -0.3 is 9.32 Å². The Morgan fingerprint density at radius 3 is 2.94 bits per heavy atom. The number of hydrogen-bond donors (Lipinski definition) is 1. The van der Waals surface area contributed by atoms with E-state index < -0.39 is 5.63 Å². The molecule has 0 aliphatic carbocycles. The molecular formula is C22H21N5O4. The molecule has 1 saturated heterocycles. The highest BCUT2D eigenvalue weighted by Gasteiger charge is 2.31. The number of aromatic amines is 1. The fourth-order valence-corrected chi connectivity index (χ4v) is 4.20. The number of nitrogens with zero attached hydrogens (tertiary/aromatic N) is 4. The van der Waals surface area contributed by atoms with Crippen LogP contribution in [0.15, 0.2) is 50.4 Å². The van der Waals surface area contributed by atoms with E-state index in [1.807, 2.05) is 12.1 Å². The summed E-state index contributed by atoms with van der Waals surface area (Å²) in [6.07, 6.45) is 2.03. The van der Waals surface area contributed by atoms with Crippen molar-refractivity contribution < 1.29 is 9.21 Å². The maximum Gasteiger partial charge on any atom is 0.358 e. The lowest BCUT2D eigenvalue weighted by Gasteiger charge is -2.23. The van der Waals surface area contributed by atoms with Gasteiger partial charge in [-0.3, -0.25) is 14.7 Å². The molecular weight excluding hydrogens is 398 g/mol. The summed E-state index contributed by atoms with van der Waals surface area (Å²) < 4.78 is 6.70. The molecule has 158 valence electrons. The van der Waals surface area contributed by atoms with E-state index in [1.54, 1.807) is 30.0 Å². The number of carbonyl (C=O) groups excluding carboxylic acids is 1. The molecule has 4 aromatic rings. The number of rotatable bonds is 4. The summed E-state index contributed by atoms with van der Waals surface area (Å²) in [6.45, 7) is 2.40. The van der Waals surface area contributed by atoms with E-state index in [0.717, 1.165) is 18.5 Å². The molecule has 0 radical (unpaired) electrons. The van der Waals surface area contributed by atoms with Crippen molar-refractivity contribution in [2.24, 2.45) is 0 Å². The Balaban J connectivity index is 1.36. The Hall–Kier alpha value is -3.75. The Morgan fingerprint density at radius 1 is 1.23 bits per heavy atom. The van der Waals surface area contributed by atoms with Crippen molar-refractivity contribution in [2.75, 3.05) is 6.54 Å². The number of para-hydroxylation sites is 2. The monoisotopic (exact) mass is 419 g/mol. The zero-order valence-corrected chi connectivity index (χ0v) is 17.0. The summed E-state index contributed by atoms with van der Waals surface area (Å²) in [4.78, 5) is 47.9. The molecule has 1 atom stereocenters. The maximum atomic E-state index is 13.0. The summed E-state index contributed by atoms with van der Waals surface area (Å²) in [5, 5.41) is 3.09. The summed E-state index contributed by atoms with van der Waals surface area (Å²) in [5.41, 5.74) is 2.55. The molecule has 9 nitrogen and oxygen atoms in total. The fraction of sp³-hybridized carbons (Fsp3) is 0.318. The normalized spacial score (nSPS) is 16.4. The van der Waals surface area contributed by atoms with E-state index in [4.69, 9.17) is 4.42 Å². The van der Waals surface area contributed by atoms with E-state index in [1.165, 1.54) is 10.6 Å². The van der Waals surface area contributed by atoms with E-state index in [-0.39, 0.29) is 36.0 Å². The summed E-state index contributed by atoms with van der Waals surface area (Å²) in [7, 11) is 0. The van der Waals surface area contributed by atoms with Crippen LogP contribution in [-0.4, -0.2) is 36.9 Å². The van der Waals surface area contributed by atoms with Crippen molar-refractivity contribution in [1.29, 1.82) is 0 Å². The van der Waals surface area contributed by atoms with E-state index in [0.29, 0.717) is 29.0 Å². The van der Waals surface area contributed by atoms with Crippen LogP contribution >= 0.6 is 0 Å². The van der Waals surface area contributed by atoms with Gasteiger partial charge in [0.05, 0.1) is 11.7 Å². The van der Waals surface area contributed by atoms with E-state index in [9.17, 15) is 14.4 Å². The van der Waals surface area contributed by atoms with Gasteiger partial charge in [-0.1, -0.05) is 12.1 Å². The number of aryl methyl sites for hydroxylation is 2. The third-order valence-electron chi connectivity index (χ3n) is 5.67. The predicted octanol–water partition coefficient (Wildman–Crippen LogP) is 2.13. The maximum absolute atomic E-state index is 13.0. The van der Waals surface area contributed by atoms with Crippen molar-refractivity contribution in [3.63, 3.8) is 0 Å². The van der Waals surface area contributed by atoms with Crippen LogP contribution in [0, 0.1) is 6.92 Å². The zero-order chi connectivity index (χ0) is 21.5. The van der Waals surface area contributed by atoms with Crippen LogP contribution in [0.4, 0.5) is 0 Å². The van der Waals surface area contributed by atoms with E-state index in [2.05, 4.69) is 15.1 Å². The van der Waals surface area contributed by atoms with Crippen LogP contribution in [0.5, 0.6) is 0 Å². The van der Waals surface area contributed by atoms with Crippen LogP contribution in [0.3, 0.4) is 0 Å². The second-order valence-corrected chi connectivity index (χ2v) is 7.80. The number of aromatic nitrogens is 4. The molecule has 1 aromatic carbocycles. The van der Waals surface area contributed by atoms with Gasteiger partial charge in [0.1, 0.15) is 11.2 Å². The number of nitrogens with one attached hydrogen (secondary N) is 1. The molecule has 31 heavy (non-hydrogen) atoms. The van der Waals surface area contributed by atoms with Crippen molar-refractivity contribution in [3.05, 3.63) is 74.3 Å². The Labute approximate surface area is 176 Å². The van der Waals surface area contributed by atoms with Gasteiger partial charge in [-0.25, -0.2) is 19.3 Å². The molecule has 3 aromatic heterocycles. The van der Waals surface area contributed by atoms with Crippen LogP contribution in [-0.2, 0) is 11.2 Å². The van der Waals surface area contributed by atoms with Gasteiger partial charge in [0, 0.05) is 37.2 Å². The number of H-pyrrole nitrogens is 1. The first-order valence-corrected chi connectivity index (χ1v) is 10.3. The van der Waals surface area contributed by atoms with Gasteiger partial charge in [0.25, 0.3) is 5.56 Å². The topological polar surface area (TPSA) is 114 Å². The van der Waals surface area contributed by atoms with E-state index >= 15 is 0 Å². The first-order valence-electron chi connectivity index (χ1n) is 10.3. The SMILES string of the molecule is Cc1cc(=O)n2[nH]c(C3CCCN3C(=O)CCc3nc4ccccc4oc3=O)cc2n1. The van der Waals surface area contributed by atoms with Gasteiger partial charge in [0.2, 0.25) is 5.91 Å². The molecule has 1 amide bonds. The van der Waals surface area contributed by atoms with Gasteiger partial charge in [-0.05, 0) is 31.9 Å². The average molecular weight is 419 g/mol. The quantitative estimate of drug-likeness (QED) is 0.542. The summed E-state index contributed by atoms with van der Waals surface area (Å²) >= 11 is 0. The minimum Gasteiger partial charge on any atom is -0.420 e. The Kier molecular flexibility index (Phi) is 4.65. The lowest BCUT2D eigenvalue weighted by Crippen LogP contribution is -2.31. The van der Waals surface area contributed by atoms with Crippen LogP contribution in [0.2, 0.25) is 0 Å². The number of hydrogen-bond acceptors (Lipinski definition) is 6. The summed E-state index contributed by atoms with van der Waals surface area (Å²) in [6, 6.07) is 10.2. The van der Waals surface area contributed by atoms with Gasteiger partial charge in [-0.2, -0.15) is 0 Å². The minimum atomic E-state index is -0.513. The van der Waals surface area contributed by atoms with Crippen LogP contribution < -0.4 is 11.2 Å². The average Bonchev–Trinajstić information content (AvgIpc) is 3.39. The largest absolute Gasteiger partial charge is 0.420 e. The lowest BCUT2D eigenvalue weighted by atomic mass is 10.1. The Morgan fingerprint density at radius 2 is 2.06 bits per heavy atom. The highest BCUT2D eigenvalue weighted by Crippen LogP contribution is 2.32. The molecule has 1 N–H and O–H groups in total. The highest BCUT2D eigenvalue weighted by atomic mass is 16.4. The number of fused-ring (bicyclic) bond motifs is 2. The molecule has 1 unspecified atom stereocenters. The third-order valence-corrected chi connectivity index (χ3v) is 5.67. The molecule has 0 bridgehead atoms. The van der Waals surface area contributed by atoms with Crippen molar-refractivity contribution >= 4 is 22.7 Å². The first-order chi connectivity index (χ1) is 15.0. The molecule has 0 spiro atoms. The lowest BCUT2D eigenvalue weighted by molar-refractivity contribution is -0.132. The minimum absolute atomic E-state index is 0.0630. The van der Waals surface area contributed by atoms with Crippen LogP contribution in [0.25, 0.3) is 16.7 Å². The number of amides is 1. The second kappa shape index (κ2) is 7.50. The standard InChI is InChI=1S/C22H21N5O4/c1-13-11-21(29)27-19(23-13)12-16(25-27)17-6-4-10-26(17)20(28)9-8-15-22(30)31-18-7-3-2-5-14(18)24-15/h2-3,5,7,11-12,17,25H,4,6,8-10H2,1H3. The van der Waals surface area contributed by atoms with Crippen molar-refractivity contribution in [2.45, 2.75) is 38.6 Å². The predicted molar refractivity (Wildman–Crippen MR) is 113 cm³/mol. The first kappa shape index (κ1) is 19.2. The molecule has 1 fully saturated rings. The molecule has 4 heterocycles. The zero-order valence-electron chi connectivity index (χ0n) is 17.0. The molecule has 1 aliphatic heterocycles. The number of likely N-dealkylation sites (tertiary alicyclic amines) is 1. The van der Waals surface area contributed by atoms with Gasteiger partial charge >= 0.3 is 5.63 Å². The molecule has 0 saturated carbocycles. The summed E-state index contributed by atoms with van der Waals surface area (Å²) in [5.74, 6) is -0.0630. The third kappa shape index (κ3) is 3.52.